The predicted molar refractivity (Wildman–Crippen MR) is 86.8 cm³/mol. The zero-order valence-corrected chi connectivity index (χ0v) is 13.3. The summed E-state index contributed by atoms with van der Waals surface area (Å²) in [7, 11) is 1.63. The molecule has 1 amide bonds. The minimum absolute atomic E-state index is 0.00141. The van der Waals surface area contributed by atoms with Crippen molar-refractivity contribution in [3.8, 4) is 10.6 Å². The zero-order chi connectivity index (χ0) is 15.1. The molecule has 2 rings (SSSR count). The standard InChI is InChI=1S/C15H17ClN2O2S/c1-20-8-2-3-14(19)17-12-6-4-11(5-7-12)15-18-13(9-16)10-21-15/h4-7,10H,2-3,8-9H2,1H3,(H,17,19). The van der Waals surface area contributed by atoms with Gasteiger partial charge in [0.1, 0.15) is 5.01 Å². The zero-order valence-electron chi connectivity index (χ0n) is 11.8. The summed E-state index contributed by atoms with van der Waals surface area (Å²) in [5.74, 6) is 0.421. The third-order valence-electron chi connectivity index (χ3n) is 2.86. The molecule has 0 atom stereocenters. The number of aromatic nitrogens is 1. The van der Waals surface area contributed by atoms with Gasteiger partial charge in [-0.05, 0) is 30.7 Å². The lowest BCUT2D eigenvalue weighted by atomic mass is 10.2. The van der Waals surface area contributed by atoms with E-state index in [4.69, 9.17) is 16.3 Å². The normalized spacial score (nSPS) is 10.6. The quantitative estimate of drug-likeness (QED) is 0.620. The highest BCUT2D eigenvalue weighted by Gasteiger charge is 2.06. The summed E-state index contributed by atoms with van der Waals surface area (Å²) in [6, 6.07) is 7.65. The maximum Gasteiger partial charge on any atom is 0.224 e. The average Bonchev–Trinajstić information content (AvgIpc) is 2.97. The first-order chi connectivity index (χ1) is 10.2. The number of carbonyl (C=O) groups is 1. The van der Waals surface area contributed by atoms with Gasteiger partial charge in [-0.2, -0.15) is 0 Å². The molecular formula is C15H17ClN2O2S. The Morgan fingerprint density at radius 2 is 2.14 bits per heavy atom. The summed E-state index contributed by atoms with van der Waals surface area (Å²) in [6.07, 6.45) is 1.18. The van der Waals surface area contributed by atoms with Gasteiger partial charge in [0, 0.05) is 36.8 Å². The second kappa shape index (κ2) is 8.12. The van der Waals surface area contributed by atoms with Crippen molar-refractivity contribution in [2.24, 2.45) is 0 Å². The number of hydrogen-bond donors (Lipinski definition) is 1. The van der Waals surface area contributed by atoms with Crippen LogP contribution < -0.4 is 5.32 Å². The van der Waals surface area contributed by atoms with Gasteiger partial charge in [-0.3, -0.25) is 4.79 Å². The molecule has 0 saturated carbocycles. The molecule has 112 valence electrons. The number of nitrogens with zero attached hydrogens (tertiary/aromatic N) is 1. The van der Waals surface area contributed by atoms with Crippen LogP contribution in [-0.2, 0) is 15.4 Å². The number of carbonyl (C=O) groups excluding carboxylic acids is 1. The van der Waals surface area contributed by atoms with E-state index in [0.29, 0.717) is 18.9 Å². The highest BCUT2D eigenvalue weighted by Crippen LogP contribution is 2.25. The second-order valence-electron chi connectivity index (χ2n) is 4.50. The van der Waals surface area contributed by atoms with Crippen LogP contribution in [0.15, 0.2) is 29.6 Å². The third kappa shape index (κ3) is 4.81. The molecule has 0 unspecified atom stereocenters. The number of hydrogen-bond acceptors (Lipinski definition) is 4. The topological polar surface area (TPSA) is 51.2 Å². The van der Waals surface area contributed by atoms with E-state index in [1.54, 1.807) is 18.4 Å². The van der Waals surface area contributed by atoms with E-state index in [9.17, 15) is 4.79 Å². The maximum atomic E-state index is 11.7. The number of anilines is 1. The third-order valence-corrected chi connectivity index (χ3v) is 4.07. The molecule has 21 heavy (non-hydrogen) atoms. The summed E-state index contributed by atoms with van der Waals surface area (Å²) in [6.45, 7) is 0.597. The molecule has 0 aliphatic rings. The summed E-state index contributed by atoms with van der Waals surface area (Å²) >= 11 is 7.31. The van der Waals surface area contributed by atoms with Crippen molar-refractivity contribution in [3.63, 3.8) is 0 Å². The number of benzene rings is 1. The van der Waals surface area contributed by atoms with Crippen LogP contribution >= 0.6 is 22.9 Å². The van der Waals surface area contributed by atoms with E-state index in [1.807, 2.05) is 29.6 Å². The fourth-order valence-electron chi connectivity index (χ4n) is 1.80. The lowest BCUT2D eigenvalue weighted by molar-refractivity contribution is -0.116. The van der Waals surface area contributed by atoms with Gasteiger partial charge < -0.3 is 10.1 Å². The molecule has 4 nitrogen and oxygen atoms in total. The van der Waals surface area contributed by atoms with Crippen molar-refractivity contribution in [2.75, 3.05) is 19.0 Å². The second-order valence-corrected chi connectivity index (χ2v) is 5.62. The number of rotatable bonds is 7. The van der Waals surface area contributed by atoms with Gasteiger partial charge in [0.05, 0.1) is 11.6 Å². The van der Waals surface area contributed by atoms with Crippen LogP contribution in [0.5, 0.6) is 0 Å². The molecule has 0 radical (unpaired) electrons. The van der Waals surface area contributed by atoms with Crippen LogP contribution in [0.1, 0.15) is 18.5 Å². The Hall–Kier alpha value is -1.43. The minimum atomic E-state index is -0.00141. The van der Waals surface area contributed by atoms with Gasteiger partial charge in [-0.15, -0.1) is 22.9 Å². The monoisotopic (exact) mass is 324 g/mol. The molecular weight excluding hydrogens is 308 g/mol. The number of thiazole rings is 1. The highest BCUT2D eigenvalue weighted by molar-refractivity contribution is 7.13. The molecule has 0 fully saturated rings. The van der Waals surface area contributed by atoms with E-state index in [-0.39, 0.29) is 5.91 Å². The van der Waals surface area contributed by atoms with Crippen LogP contribution in [0.25, 0.3) is 10.6 Å². The number of nitrogens with one attached hydrogen (secondary N) is 1. The first kappa shape index (κ1) is 15.9. The van der Waals surface area contributed by atoms with Crippen molar-refractivity contribution in [1.82, 2.24) is 4.98 Å². The average molecular weight is 325 g/mol. The summed E-state index contributed by atoms with van der Waals surface area (Å²) in [4.78, 5) is 16.1. The molecule has 0 saturated heterocycles. The van der Waals surface area contributed by atoms with Crippen LogP contribution in [0.4, 0.5) is 5.69 Å². The Balaban J connectivity index is 1.94. The van der Waals surface area contributed by atoms with Crippen LogP contribution in [0, 0.1) is 0 Å². The lowest BCUT2D eigenvalue weighted by Crippen LogP contribution is -2.11. The molecule has 0 spiro atoms. The van der Waals surface area contributed by atoms with Gasteiger partial charge in [-0.25, -0.2) is 4.98 Å². The van der Waals surface area contributed by atoms with Gasteiger partial charge in [0.15, 0.2) is 0 Å². The Morgan fingerprint density at radius 3 is 2.76 bits per heavy atom. The lowest BCUT2D eigenvalue weighted by Gasteiger charge is -2.05. The highest BCUT2D eigenvalue weighted by atomic mass is 35.5. The van der Waals surface area contributed by atoms with Crippen molar-refractivity contribution in [3.05, 3.63) is 35.3 Å². The number of alkyl halides is 1. The first-order valence-corrected chi connectivity index (χ1v) is 8.04. The van der Waals surface area contributed by atoms with Crippen molar-refractivity contribution in [2.45, 2.75) is 18.7 Å². The number of amides is 1. The molecule has 1 heterocycles. The first-order valence-electron chi connectivity index (χ1n) is 6.62. The molecule has 2 aromatic rings. The molecule has 6 heteroatoms. The van der Waals surface area contributed by atoms with E-state index in [2.05, 4.69) is 10.3 Å². The van der Waals surface area contributed by atoms with Crippen LogP contribution in [-0.4, -0.2) is 24.6 Å². The van der Waals surface area contributed by atoms with Gasteiger partial charge in [-0.1, -0.05) is 0 Å². The Morgan fingerprint density at radius 1 is 1.38 bits per heavy atom. The van der Waals surface area contributed by atoms with Crippen molar-refractivity contribution in [1.29, 1.82) is 0 Å². The molecule has 0 aliphatic carbocycles. The van der Waals surface area contributed by atoms with E-state index >= 15 is 0 Å². The minimum Gasteiger partial charge on any atom is -0.385 e. The van der Waals surface area contributed by atoms with Gasteiger partial charge >= 0.3 is 0 Å². The maximum absolute atomic E-state index is 11.7. The number of methoxy groups -OCH3 is 1. The predicted octanol–water partition coefficient (Wildman–Crippen LogP) is 3.91. The Bertz CT molecular complexity index is 584. The SMILES string of the molecule is COCCCC(=O)Nc1ccc(-c2nc(CCl)cs2)cc1. The molecule has 1 N–H and O–H groups in total. The fourth-order valence-corrected chi connectivity index (χ4v) is 2.85. The molecule has 1 aromatic carbocycles. The van der Waals surface area contributed by atoms with Crippen LogP contribution in [0.3, 0.4) is 0 Å². The number of halogens is 1. The fraction of sp³-hybridized carbons (Fsp3) is 0.333. The Kier molecular flexibility index (Phi) is 6.17. The summed E-state index contributed by atoms with van der Waals surface area (Å²) in [5.41, 5.74) is 2.69. The smallest absolute Gasteiger partial charge is 0.224 e. The van der Waals surface area contributed by atoms with Crippen LogP contribution in [0.2, 0.25) is 0 Å². The molecule has 0 aliphatic heterocycles. The largest absolute Gasteiger partial charge is 0.385 e. The summed E-state index contributed by atoms with van der Waals surface area (Å²) in [5, 5.41) is 5.75. The van der Waals surface area contributed by atoms with Gasteiger partial charge in [0.2, 0.25) is 5.91 Å². The number of ether oxygens (including phenoxy) is 1. The Labute approximate surface area is 133 Å². The van der Waals surface area contributed by atoms with E-state index < -0.39 is 0 Å². The molecule has 0 bridgehead atoms. The summed E-state index contributed by atoms with van der Waals surface area (Å²) < 4.78 is 4.92. The van der Waals surface area contributed by atoms with Crippen molar-refractivity contribution < 1.29 is 9.53 Å². The van der Waals surface area contributed by atoms with E-state index in [1.165, 1.54) is 0 Å². The van der Waals surface area contributed by atoms with Crippen molar-refractivity contribution >= 4 is 34.5 Å². The van der Waals surface area contributed by atoms with Gasteiger partial charge in [0.25, 0.3) is 0 Å². The van der Waals surface area contributed by atoms with E-state index in [0.717, 1.165) is 28.4 Å². The molecule has 1 aromatic heterocycles.